The molecule has 0 spiro atoms. The number of halogens is 4. The maximum absolute atomic E-state index is 16.0. The number of anilines is 1. The third-order valence-corrected chi connectivity index (χ3v) is 7.06. The standard InChI is InChI=1S/C24H22FN7O5S.C2HF3O2/c1-36-15-9-14(16(25)13-3-2-8-37-18(13)15)17(29-12-6-4-11(5-7-12)20(26)27)21-30-24(35)32(31-21)22-19(23(33)34)38-10-28-22;3-2(4,5)1(6)7/h4-7,9-10,17,29H,2-3,8H2,1H3,(H3,26,27)(H,33,34)(H,30,31,35);(H,6,7). The number of rotatable bonds is 8. The average molecular weight is 654 g/mol. The number of ether oxygens (including phenoxy) is 2. The lowest BCUT2D eigenvalue weighted by Crippen LogP contribution is -2.21. The van der Waals surface area contributed by atoms with Crippen molar-refractivity contribution in [3.8, 4) is 17.3 Å². The molecule has 45 heavy (non-hydrogen) atoms. The molecule has 19 heteroatoms. The number of amidine groups is 1. The minimum atomic E-state index is -5.08. The smallest absolute Gasteiger partial charge is 0.490 e. The van der Waals surface area contributed by atoms with Gasteiger partial charge in [0.05, 0.1) is 19.2 Å². The predicted octanol–water partition coefficient (Wildman–Crippen LogP) is 3.31. The Morgan fingerprint density at radius 3 is 2.51 bits per heavy atom. The van der Waals surface area contributed by atoms with E-state index in [2.05, 4.69) is 20.4 Å². The van der Waals surface area contributed by atoms with Crippen molar-refractivity contribution in [1.82, 2.24) is 19.7 Å². The minimum absolute atomic E-state index is 0.00705. The molecular formula is C26H23F4N7O7S. The van der Waals surface area contributed by atoms with Gasteiger partial charge in [0.25, 0.3) is 0 Å². The molecule has 3 heterocycles. The van der Waals surface area contributed by atoms with Crippen LogP contribution in [0.4, 0.5) is 23.2 Å². The third-order valence-electron chi connectivity index (χ3n) is 6.25. The monoisotopic (exact) mass is 653 g/mol. The normalized spacial score (nSPS) is 13.0. The summed E-state index contributed by atoms with van der Waals surface area (Å²) in [5, 5.41) is 31.7. The molecule has 1 aliphatic heterocycles. The number of hydrogen-bond donors (Lipinski definition) is 6. The van der Waals surface area contributed by atoms with Gasteiger partial charge in [-0.25, -0.2) is 23.8 Å². The number of H-pyrrole nitrogens is 1. The number of aromatic amines is 1. The number of aliphatic carboxylic acids is 1. The number of nitrogens with two attached hydrogens (primary N) is 1. The molecule has 0 fully saturated rings. The first-order valence-electron chi connectivity index (χ1n) is 12.6. The van der Waals surface area contributed by atoms with Gasteiger partial charge < -0.3 is 30.7 Å². The molecule has 0 radical (unpaired) electrons. The fourth-order valence-corrected chi connectivity index (χ4v) is 4.82. The first-order chi connectivity index (χ1) is 21.2. The zero-order valence-electron chi connectivity index (χ0n) is 22.9. The molecule has 1 aliphatic rings. The third kappa shape index (κ3) is 7.03. The summed E-state index contributed by atoms with van der Waals surface area (Å²) in [5.41, 5.74) is 7.57. The van der Waals surface area contributed by atoms with Gasteiger partial charge in [-0.3, -0.25) is 10.4 Å². The number of carbonyl (C=O) groups is 2. The molecule has 238 valence electrons. The number of thiazole rings is 1. The number of nitrogens with zero attached hydrogens (tertiary/aromatic N) is 3. The first-order valence-corrected chi connectivity index (χ1v) is 13.5. The fraction of sp³-hybridized carbons (Fsp3) is 0.231. The molecule has 4 aromatic rings. The highest BCUT2D eigenvalue weighted by atomic mass is 32.1. The summed E-state index contributed by atoms with van der Waals surface area (Å²) >= 11 is 0.846. The van der Waals surface area contributed by atoms with Crippen molar-refractivity contribution < 1.29 is 46.8 Å². The van der Waals surface area contributed by atoms with E-state index in [0.29, 0.717) is 47.8 Å². The van der Waals surface area contributed by atoms with Crippen molar-refractivity contribution in [1.29, 1.82) is 5.41 Å². The zero-order valence-corrected chi connectivity index (χ0v) is 23.8. The van der Waals surface area contributed by atoms with Gasteiger partial charge in [-0.1, -0.05) is 0 Å². The molecule has 1 unspecified atom stereocenters. The van der Waals surface area contributed by atoms with Crippen molar-refractivity contribution in [2.45, 2.75) is 25.1 Å². The summed E-state index contributed by atoms with van der Waals surface area (Å²) in [5.74, 6) is -4.17. The number of nitrogens with one attached hydrogen (secondary N) is 3. The molecule has 7 N–H and O–H groups in total. The van der Waals surface area contributed by atoms with E-state index in [9.17, 15) is 27.9 Å². The lowest BCUT2D eigenvalue weighted by molar-refractivity contribution is -0.192. The summed E-state index contributed by atoms with van der Waals surface area (Å²) in [6, 6.07) is 6.98. The molecule has 2 aromatic carbocycles. The maximum Gasteiger partial charge on any atom is 0.490 e. The number of aromatic carboxylic acids is 1. The number of carboxylic acids is 2. The highest BCUT2D eigenvalue weighted by molar-refractivity contribution is 7.12. The maximum atomic E-state index is 16.0. The van der Waals surface area contributed by atoms with Crippen LogP contribution in [0.2, 0.25) is 0 Å². The Morgan fingerprint density at radius 2 is 1.93 bits per heavy atom. The van der Waals surface area contributed by atoms with Gasteiger partial charge in [-0.05, 0) is 43.2 Å². The molecule has 14 nitrogen and oxygen atoms in total. The summed E-state index contributed by atoms with van der Waals surface area (Å²) in [6.45, 7) is 0.434. The van der Waals surface area contributed by atoms with Crippen molar-refractivity contribution >= 4 is 34.8 Å². The number of aromatic nitrogens is 4. The molecule has 0 aliphatic carbocycles. The van der Waals surface area contributed by atoms with Crippen molar-refractivity contribution in [3.63, 3.8) is 0 Å². The number of methoxy groups -OCH3 is 1. The van der Waals surface area contributed by atoms with Crippen LogP contribution in [0.3, 0.4) is 0 Å². The van der Waals surface area contributed by atoms with Crippen LogP contribution in [-0.4, -0.2) is 67.6 Å². The Balaban J connectivity index is 0.000000591. The van der Waals surface area contributed by atoms with Gasteiger partial charge in [0.1, 0.15) is 17.7 Å². The van der Waals surface area contributed by atoms with E-state index in [-0.39, 0.29) is 27.9 Å². The minimum Gasteiger partial charge on any atom is -0.493 e. The van der Waals surface area contributed by atoms with E-state index in [1.807, 2.05) is 0 Å². The first kappa shape index (κ1) is 32.5. The van der Waals surface area contributed by atoms with E-state index < -0.39 is 35.7 Å². The van der Waals surface area contributed by atoms with Crippen molar-refractivity contribution in [2.75, 3.05) is 19.0 Å². The van der Waals surface area contributed by atoms with Crippen LogP contribution in [-0.2, 0) is 11.2 Å². The predicted molar refractivity (Wildman–Crippen MR) is 150 cm³/mol. The zero-order chi connectivity index (χ0) is 33.1. The van der Waals surface area contributed by atoms with Crippen LogP contribution in [0.25, 0.3) is 5.82 Å². The van der Waals surface area contributed by atoms with Crippen LogP contribution < -0.4 is 26.2 Å². The second-order valence-electron chi connectivity index (χ2n) is 9.15. The topological polar surface area (TPSA) is 219 Å². The van der Waals surface area contributed by atoms with Crippen LogP contribution in [0, 0.1) is 11.2 Å². The van der Waals surface area contributed by atoms with Crippen LogP contribution in [0.5, 0.6) is 11.5 Å². The van der Waals surface area contributed by atoms with E-state index in [1.165, 1.54) is 18.7 Å². The summed E-state index contributed by atoms with van der Waals surface area (Å²) in [7, 11) is 1.45. The highest BCUT2D eigenvalue weighted by Crippen LogP contribution is 2.41. The highest BCUT2D eigenvalue weighted by Gasteiger charge is 2.38. The Bertz CT molecular complexity index is 1800. The number of nitrogen functional groups attached to an aromatic ring is 1. The summed E-state index contributed by atoms with van der Waals surface area (Å²) in [6.07, 6.45) is -4.04. The fourth-order valence-electron chi connectivity index (χ4n) is 4.22. The van der Waals surface area contributed by atoms with Gasteiger partial charge in [-0.15, -0.1) is 16.4 Å². The number of hydrogen-bond acceptors (Lipinski definition) is 10. The summed E-state index contributed by atoms with van der Waals surface area (Å²) < 4.78 is 59.7. The van der Waals surface area contributed by atoms with Gasteiger partial charge in [0.15, 0.2) is 28.0 Å². The second kappa shape index (κ2) is 13.0. The molecule has 2 aromatic heterocycles. The molecule has 5 rings (SSSR count). The quantitative estimate of drug-likeness (QED) is 0.0921. The van der Waals surface area contributed by atoms with E-state index >= 15 is 4.39 Å². The molecule has 0 saturated carbocycles. The lowest BCUT2D eigenvalue weighted by Gasteiger charge is -2.25. The molecular weight excluding hydrogens is 630 g/mol. The van der Waals surface area contributed by atoms with E-state index in [4.69, 9.17) is 30.5 Å². The molecule has 0 bridgehead atoms. The Labute approximate surface area is 253 Å². The van der Waals surface area contributed by atoms with Gasteiger partial charge in [0, 0.05) is 22.4 Å². The van der Waals surface area contributed by atoms with Crippen LogP contribution in [0.15, 0.2) is 40.6 Å². The average Bonchev–Trinajstić information content (AvgIpc) is 3.63. The van der Waals surface area contributed by atoms with Crippen molar-refractivity contribution in [3.05, 3.63) is 79.5 Å². The number of carboxylic acid groups (broad SMARTS) is 2. The number of alkyl halides is 3. The Kier molecular flexibility index (Phi) is 9.40. The SMILES string of the molecule is COc1cc(C(Nc2ccc(C(=N)N)cc2)c2nn(-c3ncsc3C(=O)O)c(=O)[nH]2)c(F)c2c1OCCC2.O=C(O)C(F)(F)F. The summed E-state index contributed by atoms with van der Waals surface area (Å²) in [4.78, 5) is 39.8. The van der Waals surface area contributed by atoms with Crippen LogP contribution in [0.1, 0.15) is 44.6 Å². The van der Waals surface area contributed by atoms with E-state index in [1.54, 1.807) is 24.3 Å². The van der Waals surface area contributed by atoms with Gasteiger partial charge in [0.2, 0.25) is 0 Å². The molecule has 0 saturated heterocycles. The molecule has 1 atom stereocenters. The van der Waals surface area contributed by atoms with Crippen LogP contribution >= 0.6 is 11.3 Å². The van der Waals surface area contributed by atoms with Gasteiger partial charge in [-0.2, -0.15) is 17.9 Å². The number of fused-ring (bicyclic) bond motifs is 1. The largest absolute Gasteiger partial charge is 0.493 e. The Hall–Kier alpha value is -5.46. The Morgan fingerprint density at radius 1 is 1.27 bits per heavy atom. The van der Waals surface area contributed by atoms with Crippen molar-refractivity contribution in [2.24, 2.45) is 5.73 Å². The number of benzene rings is 2. The van der Waals surface area contributed by atoms with E-state index in [0.717, 1.165) is 16.0 Å². The second-order valence-corrected chi connectivity index (χ2v) is 10.0. The lowest BCUT2D eigenvalue weighted by atomic mass is 9.96. The molecule has 0 amide bonds. The van der Waals surface area contributed by atoms with Gasteiger partial charge >= 0.3 is 23.8 Å².